The Morgan fingerprint density at radius 3 is 2.12 bits per heavy atom. The largest absolute Gasteiger partial charge is 0.611 e. The zero-order chi connectivity index (χ0) is 30.0. The normalized spacial score (nSPS) is 14.3. The summed E-state index contributed by atoms with van der Waals surface area (Å²) in [4.78, 5) is 14.8. The molecule has 9 heteroatoms. The molecule has 3 atom stereocenters. The number of halogens is 4. The lowest BCUT2D eigenvalue weighted by atomic mass is 10.1. The van der Waals surface area contributed by atoms with Crippen molar-refractivity contribution in [3.05, 3.63) is 76.8 Å². The van der Waals surface area contributed by atoms with Gasteiger partial charge in [0.25, 0.3) is 0 Å². The Balaban J connectivity index is 1.82. The summed E-state index contributed by atoms with van der Waals surface area (Å²) in [5.41, 5.74) is -0.352. The van der Waals surface area contributed by atoms with E-state index in [0.717, 1.165) is 48.6 Å². The van der Waals surface area contributed by atoms with Crippen LogP contribution >= 0.6 is 11.6 Å². The minimum atomic E-state index is -4.49. The number of fused-ring (bicyclic) bond motifs is 1. The summed E-state index contributed by atoms with van der Waals surface area (Å²) in [5.74, 6) is -0.349. The van der Waals surface area contributed by atoms with Crippen molar-refractivity contribution in [2.24, 2.45) is 0 Å². The Kier molecular flexibility index (Phi) is 12.8. The number of hydrogen-bond donors (Lipinski definition) is 0. The molecule has 0 N–H and O–H groups in total. The van der Waals surface area contributed by atoms with Gasteiger partial charge in [-0.05, 0) is 60.7 Å². The molecule has 224 valence electrons. The zero-order valence-corrected chi connectivity index (χ0v) is 25.5. The van der Waals surface area contributed by atoms with Gasteiger partial charge in [0.2, 0.25) is 0 Å². The van der Waals surface area contributed by atoms with E-state index in [1.165, 1.54) is 31.4 Å². The third-order valence-corrected chi connectivity index (χ3v) is 9.31. The average Bonchev–Trinajstić information content (AvgIpc) is 2.93. The molecule has 41 heavy (non-hydrogen) atoms. The van der Waals surface area contributed by atoms with Crippen LogP contribution in [0.4, 0.5) is 13.2 Å². The first kappa shape index (κ1) is 33.2. The van der Waals surface area contributed by atoms with Crippen LogP contribution in [-0.4, -0.2) is 35.7 Å². The number of unbranched alkanes of at least 4 members (excludes halogenated alkanes) is 6. The van der Waals surface area contributed by atoms with E-state index in [0.29, 0.717) is 15.5 Å². The van der Waals surface area contributed by atoms with Crippen LogP contribution < -0.4 is 0 Å². The molecule has 0 aliphatic rings. The van der Waals surface area contributed by atoms with Crippen LogP contribution in [0.1, 0.15) is 81.1 Å². The van der Waals surface area contributed by atoms with E-state index in [1.54, 1.807) is 31.1 Å². The topological polar surface area (TPSA) is 52.6 Å². The molecule has 3 aromatic carbocycles. The van der Waals surface area contributed by atoms with Gasteiger partial charge in [0.15, 0.2) is 16.4 Å². The molecule has 0 heterocycles. The Morgan fingerprint density at radius 2 is 1.54 bits per heavy atom. The highest BCUT2D eigenvalue weighted by Crippen LogP contribution is 2.39. The van der Waals surface area contributed by atoms with E-state index in [1.807, 2.05) is 24.3 Å². The quantitative estimate of drug-likeness (QED) is 0.0745. The number of esters is 1. The molecule has 0 fully saturated rings. The number of carbonyl (C=O) groups excluding carboxylic acids is 1. The first-order valence-electron chi connectivity index (χ1n) is 14.1. The van der Waals surface area contributed by atoms with Crippen LogP contribution in [0.25, 0.3) is 10.8 Å². The molecule has 0 saturated carbocycles. The number of hydrogen-bond acceptors (Lipinski definition) is 4. The van der Waals surface area contributed by atoms with Crippen LogP contribution in [-0.2, 0) is 26.9 Å². The molecule has 0 radical (unpaired) electrons. The Hall–Kier alpha value is -2.26. The lowest BCUT2D eigenvalue weighted by molar-refractivity contribution is -0.157. The Labute approximate surface area is 249 Å². The van der Waals surface area contributed by atoms with Gasteiger partial charge in [0.1, 0.15) is 0 Å². The van der Waals surface area contributed by atoms with Crippen LogP contribution in [0.2, 0.25) is 5.02 Å². The number of ether oxygens (including phenoxy) is 1. The van der Waals surface area contributed by atoms with E-state index < -0.39 is 34.4 Å². The number of alkyl halides is 3. The minimum Gasteiger partial charge on any atom is -0.611 e. The van der Waals surface area contributed by atoms with Crippen molar-refractivity contribution < 1.29 is 27.3 Å². The van der Waals surface area contributed by atoms with Crippen molar-refractivity contribution in [1.82, 2.24) is 4.90 Å². The molecule has 3 unspecified atom stereocenters. The van der Waals surface area contributed by atoms with Gasteiger partial charge >= 0.3 is 12.1 Å². The molecule has 0 saturated heterocycles. The lowest BCUT2D eigenvalue weighted by Gasteiger charge is -2.30. The van der Waals surface area contributed by atoms with Crippen molar-refractivity contribution in [1.29, 1.82) is 0 Å². The highest BCUT2D eigenvalue weighted by atomic mass is 35.5. The van der Waals surface area contributed by atoms with Gasteiger partial charge in [-0.3, -0.25) is 9.69 Å². The second kappa shape index (κ2) is 15.8. The third-order valence-electron chi connectivity index (χ3n) is 7.13. The lowest BCUT2D eigenvalue weighted by Crippen LogP contribution is -2.36. The molecule has 0 aromatic heterocycles. The fraction of sp³-hybridized carbons (Fsp3) is 0.469. The SMILES string of the molecule is CCCCCCCCCC(=O)OC(CC(c1ccc(C(F)(F)F)cc1)[S+]([O-])c1cc2ccccc2cc1Cl)N(C)C. The molecule has 3 aromatic rings. The number of nitrogens with zero attached hydrogens (tertiary/aromatic N) is 1. The van der Waals surface area contributed by atoms with Crippen LogP contribution in [0.3, 0.4) is 0 Å². The minimum absolute atomic E-state index is 0.108. The monoisotopic (exact) mass is 609 g/mol. The zero-order valence-electron chi connectivity index (χ0n) is 23.9. The van der Waals surface area contributed by atoms with Crippen LogP contribution in [0, 0.1) is 0 Å². The molecule has 0 aliphatic carbocycles. The first-order valence-corrected chi connectivity index (χ1v) is 15.7. The molecular formula is C32H39ClF3NO3S. The second-order valence-electron chi connectivity index (χ2n) is 10.6. The van der Waals surface area contributed by atoms with Crippen LogP contribution in [0.5, 0.6) is 0 Å². The summed E-state index contributed by atoms with van der Waals surface area (Å²) in [6.07, 6.45) is 2.67. The third kappa shape index (κ3) is 9.91. The average molecular weight is 610 g/mol. The van der Waals surface area contributed by atoms with Crippen LogP contribution in [0.15, 0.2) is 65.6 Å². The summed E-state index contributed by atoms with van der Waals surface area (Å²) in [6.45, 7) is 2.17. The van der Waals surface area contributed by atoms with E-state index in [4.69, 9.17) is 16.3 Å². The summed E-state index contributed by atoms with van der Waals surface area (Å²) in [5, 5.41) is 1.25. The molecule has 3 rings (SSSR count). The van der Waals surface area contributed by atoms with Crippen molar-refractivity contribution in [2.75, 3.05) is 14.1 Å². The summed E-state index contributed by atoms with van der Waals surface area (Å²) in [6, 6.07) is 15.7. The summed E-state index contributed by atoms with van der Waals surface area (Å²) in [7, 11) is 3.50. The van der Waals surface area contributed by atoms with Crippen molar-refractivity contribution in [3.8, 4) is 0 Å². The molecule has 0 spiro atoms. The van der Waals surface area contributed by atoms with Gasteiger partial charge in [-0.25, -0.2) is 0 Å². The second-order valence-corrected chi connectivity index (χ2v) is 12.6. The molecule has 0 bridgehead atoms. The maximum absolute atomic E-state index is 14.1. The molecular weight excluding hydrogens is 571 g/mol. The first-order chi connectivity index (χ1) is 19.5. The predicted octanol–water partition coefficient (Wildman–Crippen LogP) is 9.32. The van der Waals surface area contributed by atoms with Crippen molar-refractivity contribution in [2.45, 2.75) is 87.3 Å². The summed E-state index contributed by atoms with van der Waals surface area (Å²) < 4.78 is 59.7. The standard InChI is InChI=1S/C32H39ClF3NO3S/c1-4-5-6-7-8-9-10-15-31(38)40-30(37(2)3)22-28(23-16-18-26(19-17-23)32(34,35)36)41(39)29-21-25-14-12-11-13-24(25)20-27(29)33/h11-14,16-21,28,30H,4-10,15,22H2,1-3H3. The van der Waals surface area contributed by atoms with Gasteiger partial charge in [-0.1, -0.05) is 93.4 Å². The van der Waals surface area contributed by atoms with Gasteiger partial charge < -0.3 is 9.29 Å². The highest BCUT2D eigenvalue weighted by Gasteiger charge is 2.35. The van der Waals surface area contributed by atoms with Crippen molar-refractivity contribution >= 4 is 39.5 Å². The Morgan fingerprint density at radius 1 is 0.951 bits per heavy atom. The van der Waals surface area contributed by atoms with E-state index in [2.05, 4.69) is 6.92 Å². The van der Waals surface area contributed by atoms with E-state index in [9.17, 15) is 22.5 Å². The Bertz CT molecular complexity index is 1250. The highest BCUT2D eigenvalue weighted by molar-refractivity contribution is 7.91. The van der Waals surface area contributed by atoms with Gasteiger partial charge in [0, 0.05) is 18.1 Å². The number of rotatable bonds is 15. The van der Waals surface area contributed by atoms with Gasteiger partial charge in [-0.15, -0.1) is 0 Å². The number of carbonyl (C=O) groups is 1. The predicted molar refractivity (Wildman–Crippen MR) is 160 cm³/mol. The van der Waals surface area contributed by atoms with Gasteiger partial charge in [0.05, 0.1) is 17.0 Å². The molecule has 0 aliphatic heterocycles. The van der Waals surface area contributed by atoms with Crippen molar-refractivity contribution in [3.63, 3.8) is 0 Å². The summed E-state index contributed by atoms with van der Waals surface area (Å²) >= 11 is 4.81. The fourth-order valence-corrected chi connectivity index (χ4v) is 6.66. The van der Waals surface area contributed by atoms with E-state index in [-0.39, 0.29) is 18.8 Å². The fourth-order valence-electron chi connectivity index (χ4n) is 4.72. The maximum atomic E-state index is 14.1. The smallest absolute Gasteiger partial charge is 0.416 e. The molecule has 0 amide bonds. The maximum Gasteiger partial charge on any atom is 0.416 e. The number of benzene rings is 3. The molecule has 4 nitrogen and oxygen atoms in total. The van der Waals surface area contributed by atoms with Gasteiger partial charge in [-0.2, -0.15) is 13.2 Å². The van der Waals surface area contributed by atoms with E-state index >= 15 is 0 Å².